The lowest BCUT2D eigenvalue weighted by molar-refractivity contribution is 0.0209. The van der Waals surface area contributed by atoms with Crippen molar-refractivity contribution in [1.29, 1.82) is 0 Å². The van der Waals surface area contributed by atoms with Crippen LogP contribution in [0.15, 0.2) is 0 Å². The molecule has 1 saturated carbocycles. The van der Waals surface area contributed by atoms with Crippen LogP contribution in [0.1, 0.15) is 30.7 Å². The molecule has 1 aromatic heterocycles. The zero-order valence-electron chi connectivity index (χ0n) is 12.2. The van der Waals surface area contributed by atoms with E-state index in [0.717, 1.165) is 31.3 Å². The Morgan fingerprint density at radius 1 is 1.43 bits per heavy atom. The van der Waals surface area contributed by atoms with E-state index in [-0.39, 0.29) is 6.03 Å². The van der Waals surface area contributed by atoms with E-state index in [1.54, 1.807) is 0 Å². The molecule has 0 bridgehead atoms. The average molecular weight is 311 g/mol. The second-order valence-electron chi connectivity index (χ2n) is 5.55. The van der Waals surface area contributed by atoms with Crippen LogP contribution < -0.4 is 10.6 Å². The van der Waals surface area contributed by atoms with Gasteiger partial charge in [0, 0.05) is 31.6 Å². The van der Waals surface area contributed by atoms with E-state index in [4.69, 9.17) is 4.74 Å². The largest absolute Gasteiger partial charge is 0.379 e. The second-order valence-corrected chi connectivity index (χ2v) is 6.56. The highest BCUT2D eigenvalue weighted by molar-refractivity contribution is 7.15. The van der Waals surface area contributed by atoms with Crippen LogP contribution in [0.25, 0.3) is 0 Å². The third-order valence-corrected chi connectivity index (χ3v) is 4.82. The Kier molecular flexibility index (Phi) is 4.67. The Bertz CT molecular complexity index is 485. The molecule has 0 spiro atoms. The van der Waals surface area contributed by atoms with E-state index < -0.39 is 0 Å². The number of urea groups is 1. The number of anilines is 1. The van der Waals surface area contributed by atoms with Gasteiger partial charge in [0.15, 0.2) is 0 Å². The van der Waals surface area contributed by atoms with Crippen molar-refractivity contribution in [2.24, 2.45) is 0 Å². The molecule has 1 unspecified atom stereocenters. The number of carbonyl (C=O) groups excluding carboxylic acids is 1. The van der Waals surface area contributed by atoms with Gasteiger partial charge in [-0.05, 0) is 19.8 Å². The van der Waals surface area contributed by atoms with E-state index in [2.05, 4.69) is 32.7 Å². The van der Waals surface area contributed by atoms with Crippen LogP contribution >= 0.6 is 11.3 Å². The van der Waals surface area contributed by atoms with Crippen molar-refractivity contribution in [1.82, 2.24) is 20.4 Å². The molecule has 2 N–H and O–H groups in total. The number of hydrogen-bond donors (Lipinski definition) is 2. The van der Waals surface area contributed by atoms with Gasteiger partial charge in [-0.25, -0.2) is 4.79 Å². The Morgan fingerprint density at radius 3 is 2.90 bits per heavy atom. The molecule has 0 radical (unpaired) electrons. The highest BCUT2D eigenvalue weighted by Crippen LogP contribution is 2.41. The first-order chi connectivity index (χ1) is 10.2. The monoisotopic (exact) mass is 311 g/mol. The van der Waals surface area contributed by atoms with Gasteiger partial charge in [0.05, 0.1) is 13.2 Å². The molecular weight excluding hydrogens is 290 g/mol. The van der Waals surface area contributed by atoms with E-state index in [1.807, 2.05) is 0 Å². The number of ether oxygens (including phenoxy) is 1. The van der Waals surface area contributed by atoms with Crippen molar-refractivity contribution >= 4 is 22.5 Å². The molecule has 7 nitrogen and oxygen atoms in total. The Labute approximate surface area is 128 Å². The van der Waals surface area contributed by atoms with Crippen LogP contribution in [0, 0.1) is 0 Å². The molecule has 0 aromatic carbocycles. The molecular formula is C13H21N5O2S. The molecule has 2 fully saturated rings. The Balaban J connectivity index is 1.40. The van der Waals surface area contributed by atoms with Gasteiger partial charge in [-0.3, -0.25) is 10.2 Å². The van der Waals surface area contributed by atoms with Crippen molar-refractivity contribution < 1.29 is 9.53 Å². The summed E-state index contributed by atoms with van der Waals surface area (Å²) < 4.78 is 5.33. The van der Waals surface area contributed by atoms with E-state index in [1.165, 1.54) is 24.2 Å². The second kappa shape index (κ2) is 6.67. The van der Waals surface area contributed by atoms with Crippen molar-refractivity contribution in [3.8, 4) is 0 Å². The first kappa shape index (κ1) is 14.7. The average Bonchev–Trinajstić information content (AvgIpc) is 3.26. The molecule has 1 aliphatic carbocycles. The quantitative estimate of drug-likeness (QED) is 0.856. The van der Waals surface area contributed by atoms with Crippen molar-refractivity contribution in [3.05, 3.63) is 5.01 Å². The smallest absolute Gasteiger partial charge is 0.321 e. The third kappa shape index (κ3) is 4.12. The standard InChI is InChI=1S/C13H21N5O2S/c1-9(18-4-6-20-7-5-18)8-14-12(19)15-13-17-16-11(21-13)10-2-3-10/h9-10H,2-8H2,1H3,(H2,14,15,17,19). The molecule has 2 heterocycles. The van der Waals surface area contributed by atoms with Gasteiger partial charge in [0.25, 0.3) is 0 Å². The highest BCUT2D eigenvalue weighted by atomic mass is 32.1. The molecule has 1 aromatic rings. The van der Waals surface area contributed by atoms with E-state index in [0.29, 0.717) is 23.6 Å². The summed E-state index contributed by atoms with van der Waals surface area (Å²) in [6.45, 7) is 6.11. The summed E-state index contributed by atoms with van der Waals surface area (Å²) >= 11 is 1.47. The van der Waals surface area contributed by atoms with Gasteiger partial charge in [0.1, 0.15) is 5.01 Å². The molecule has 1 saturated heterocycles. The molecule has 3 rings (SSSR count). The van der Waals surface area contributed by atoms with Gasteiger partial charge in [-0.15, -0.1) is 10.2 Å². The Morgan fingerprint density at radius 2 is 2.19 bits per heavy atom. The molecule has 8 heteroatoms. The maximum Gasteiger partial charge on any atom is 0.321 e. The van der Waals surface area contributed by atoms with Gasteiger partial charge in [-0.1, -0.05) is 11.3 Å². The zero-order valence-corrected chi connectivity index (χ0v) is 13.0. The van der Waals surface area contributed by atoms with E-state index >= 15 is 0 Å². The number of hydrogen-bond acceptors (Lipinski definition) is 6. The van der Waals surface area contributed by atoms with Crippen LogP contribution in [-0.4, -0.2) is 60.0 Å². The first-order valence-corrected chi connectivity index (χ1v) is 8.24. The first-order valence-electron chi connectivity index (χ1n) is 7.42. The van der Waals surface area contributed by atoms with Crippen LogP contribution in [0.3, 0.4) is 0 Å². The molecule has 2 amide bonds. The molecule has 1 aliphatic heterocycles. The van der Waals surface area contributed by atoms with Crippen LogP contribution in [0.4, 0.5) is 9.93 Å². The summed E-state index contributed by atoms with van der Waals surface area (Å²) in [6.07, 6.45) is 2.38. The lowest BCUT2D eigenvalue weighted by atomic mass is 10.2. The van der Waals surface area contributed by atoms with Gasteiger partial charge < -0.3 is 10.1 Å². The normalized spacial score (nSPS) is 21.0. The van der Waals surface area contributed by atoms with Crippen molar-refractivity contribution in [3.63, 3.8) is 0 Å². The van der Waals surface area contributed by atoms with E-state index in [9.17, 15) is 4.79 Å². The predicted molar refractivity (Wildman–Crippen MR) is 80.8 cm³/mol. The minimum atomic E-state index is -0.214. The topological polar surface area (TPSA) is 79.4 Å². The lowest BCUT2D eigenvalue weighted by Gasteiger charge is -2.32. The van der Waals surface area contributed by atoms with Gasteiger partial charge in [-0.2, -0.15) is 0 Å². The minimum Gasteiger partial charge on any atom is -0.379 e. The lowest BCUT2D eigenvalue weighted by Crippen LogP contribution is -2.47. The minimum absolute atomic E-state index is 0.214. The highest BCUT2D eigenvalue weighted by Gasteiger charge is 2.27. The summed E-state index contributed by atoms with van der Waals surface area (Å²) in [6, 6.07) is 0.0877. The SMILES string of the molecule is CC(CNC(=O)Nc1nnc(C2CC2)s1)N1CCOCC1. The van der Waals surface area contributed by atoms with Crippen LogP contribution in [0.2, 0.25) is 0 Å². The molecule has 2 aliphatic rings. The van der Waals surface area contributed by atoms with Crippen molar-refractivity contribution in [2.75, 3.05) is 38.2 Å². The summed E-state index contributed by atoms with van der Waals surface area (Å²) in [5.74, 6) is 0.572. The van der Waals surface area contributed by atoms with Gasteiger partial charge in [0.2, 0.25) is 5.13 Å². The summed E-state index contributed by atoms with van der Waals surface area (Å²) in [4.78, 5) is 14.2. The fraction of sp³-hybridized carbons (Fsp3) is 0.769. The molecule has 21 heavy (non-hydrogen) atoms. The fourth-order valence-corrected chi connectivity index (χ4v) is 3.22. The van der Waals surface area contributed by atoms with Crippen LogP contribution in [0.5, 0.6) is 0 Å². The number of amides is 2. The number of carbonyl (C=O) groups is 1. The number of morpholine rings is 1. The summed E-state index contributed by atoms with van der Waals surface area (Å²) in [5, 5.41) is 15.4. The number of rotatable bonds is 5. The fourth-order valence-electron chi connectivity index (χ4n) is 2.31. The number of nitrogens with zero attached hydrogens (tertiary/aromatic N) is 3. The molecule has 116 valence electrons. The maximum absolute atomic E-state index is 11.9. The summed E-state index contributed by atoms with van der Waals surface area (Å²) in [7, 11) is 0. The van der Waals surface area contributed by atoms with Crippen molar-refractivity contribution in [2.45, 2.75) is 31.7 Å². The maximum atomic E-state index is 11.9. The Hall–Kier alpha value is -1.25. The summed E-state index contributed by atoms with van der Waals surface area (Å²) in [5.41, 5.74) is 0. The van der Waals surface area contributed by atoms with Crippen LogP contribution in [-0.2, 0) is 4.74 Å². The third-order valence-electron chi connectivity index (χ3n) is 3.81. The predicted octanol–water partition coefficient (Wildman–Crippen LogP) is 1.26. The van der Waals surface area contributed by atoms with Gasteiger partial charge >= 0.3 is 6.03 Å². The number of nitrogens with one attached hydrogen (secondary N) is 2. The zero-order chi connectivity index (χ0) is 14.7. The molecule has 1 atom stereocenters. The number of aromatic nitrogens is 2.